The van der Waals surface area contributed by atoms with E-state index in [0.717, 1.165) is 48.9 Å². The minimum atomic E-state index is -0.238. The van der Waals surface area contributed by atoms with Gasteiger partial charge < -0.3 is 14.7 Å². The highest BCUT2D eigenvalue weighted by molar-refractivity contribution is 5.72. The van der Waals surface area contributed by atoms with Crippen LogP contribution in [0.5, 0.6) is 0 Å². The van der Waals surface area contributed by atoms with Crippen molar-refractivity contribution in [1.82, 2.24) is 19.5 Å². The summed E-state index contributed by atoms with van der Waals surface area (Å²) >= 11 is 0. The van der Waals surface area contributed by atoms with E-state index in [-0.39, 0.29) is 5.82 Å². The Morgan fingerprint density at radius 1 is 0.971 bits per heavy atom. The SMILES string of the molecule is CCN(CC)C1CCN(c2cccc(-c3ccc(N(C)c4ccnc5ccnn45)cc3F)c2)CC1. The molecule has 5 rings (SSSR count). The summed E-state index contributed by atoms with van der Waals surface area (Å²) < 4.78 is 17.1. The van der Waals surface area contributed by atoms with Crippen molar-refractivity contribution in [2.24, 2.45) is 0 Å². The average Bonchev–Trinajstić information content (AvgIpc) is 3.39. The van der Waals surface area contributed by atoms with Crippen LogP contribution in [0.3, 0.4) is 0 Å². The number of benzene rings is 2. The summed E-state index contributed by atoms with van der Waals surface area (Å²) in [6.07, 6.45) is 5.78. The molecule has 0 atom stereocenters. The topological polar surface area (TPSA) is 39.9 Å². The van der Waals surface area contributed by atoms with Crippen LogP contribution in [0.15, 0.2) is 67.0 Å². The largest absolute Gasteiger partial charge is 0.371 e. The molecule has 0 unspecified atom stereocenters. The van der Waals surface area contributed by atoms with Gasteiger partial charge in [-0.2, -0.15) is 9.61 Å². The number of nitrogens with zero attached hydrogens (tertiary/aromatic N) is 6. The Morgan fingerprint density at radius 3 is 2.51 bits per heavy atom. The number of anilines is 3. The minimum Gasteiger partial charge on any atom is -0.371 e. The number of hydrogen-bond acceptors (Lipinski definition) is 5. The fourth-order valence-corrected chi connectivity index (χ4v) is 5.25. The molecule has 0 N–H and O–H groups in total. The van der Waals surface area contributed by atoms with Crippen molar-refractivity contribution < 1.29 is 4.39 Å². The van der Waals surface area contributed by atoms with Crippen molar-refractivity contribution in [3.05, 3.63) is 72.8 Å². The van der Waals surface area contributed by atoms with Crippen LogP contribution in [0, 0.1) is 5.82 Å². The van der Waals surface area contributed by atoms with E-state index in [1.54, 1.807) is 23.0 Å². The van der Waals surface area contributed by atoms with Crippen molar-refractivity contribution in [3.8, 4) is 11.1 Å². The maximum atomic E-state index is 15.4. The minimum absolute atomic E-state index is 0.238. The van der Waals surface area contributed by atoms with E-state index < -0.39 is 0 Å². The van der Waals surface area contributed by atoms with Crippen molar-refractivity contribution in [2.45, 2.75) is 32.7 Å². The van der Waals surface area contributed by atoms with Gasteiger partial charge in [0, 0.05) is 55.4 Å². The van der Waals surface area contributed by atoms with E-state index in [9.17, 15) is 0 Å². The van der Waals surface area contributed by atoms with Crippen LogP contribution in [-0.4, -0.2) is 58.8 Å². The van der Waals surface area contributed by atoms with E-state index in [1.807, 2.05) is 48.3 Å². The molecule has 182 valence electrons. The van der Waals surface area contributed by atoms with Gasteiger partial charge >= 0.3 is 0 Å². The lowest BCUT2D eigenvalue weighted by Crippen LogP contribution is -2.44. The first kappa shape index (κ1) is 23.3. The summed E-state index contributed by atoms with van der Waals surface area (Å²) in [5.74, 6) is 0.583. The molecule has 4 aromatic rings. The van der Waals surface area contributed by atoms with Crippen molar-refractivity contribution >= 4 is 22.8 Å². The maximum Gasteiger partial charge on any atom is 0.157 e. The summed E-state index contributed by atoms with van der Waals surface area (Å²) in [7, 11) is 1.91. The van der Waals surface area contributed by atoms with Gasteiger partial charge in [0.05, 0.1) is 6.20 Å². The molecule has 1 aliphatic heterocycles. The van der Waals surface area contributed by atoms with Crippen LogP contribution in [-0.2, 0) is 0 Å². The molecule has 1 saturated heterocycles. The van der Waals surface area contributed by atoms with Gasteiger partial charge in [0.2, 0.25) is 0 Å². The Kier molecular flexibility index (Phi) is 6.68. The van der Waals surface area contributed by atoms with Crippen LogP contribution in [0.4, 0.5) is 21.6 Å². The zero-order valence-electron chi connectivity index (χ0n) is 20.7. The number of fused-ring (bicyclic) bond motifs is 1. The number of rotatable bonds is 7. The van der Waals surface area contributed by atoms with Crippen molar-refractivity contribution in [2.75, 3.05) is 43.0 Å². The molecular formula is C28H33FN6. The molecule has 7 heteroatoms. The fourth-order valence-electron chi connectivity index (χ4n) is 5.25. The molecule has 0 spiro atoms. The second-order valence-corrected chi connectivity index (χ2v) is 9.12. The molecule has 1 fully saturated rings. The molecule has 2 aromatic carbocycles. The van der Waals surface area contributed by atoms with Crippen LogP contribution < -0.4 is 9.80 Å². The Morgan fingerprint density at radius 2 is 1.77 bits per heavy atom. The van der Waals surface area contributed by atoms with Crippen LogP contribution in [0.2, 0.25) is 0 Å². The summed E-state index contributed by atoms with van der Waals surface area (Å²) in [6, 6.07) is 18.1. The molecule has 3 heterocycles. The smallest absolute Gasteiger partial charge is 0.157 e. The Hall–Kier alpha value is -3.45. The molecule has 0 radical (unpaired) electrons. The maximum absolute atomic E-state index is 15.4. The van der Waals surface area contributed by atoms with Gasteiger partial charge in [0.25, 0.3) is 0 Å². The second kappa shape index (κ2) is 10.0. The summed E-state index contributed by atoms with van der Waals surface area (Å²) in [4.78, 5) is 11.2. The van der Waals surface area contributed by atoms with E-state index in [1.165, 1.54) is 18.5 Å². The summed E-state index contributed by atoms with van der Waals surface area (Å²) in [6.45, 7) is 8.76. The second-order valence-electron chi connectivity index (χ2n) is 9.12. The predicted molar refractivity (Wildman–Crippen MR) is 141 cm³/mol. The Labute approximate surface area is 206 Å². The molecular weight excluding hydrogens is 439 g/mol. The molecule has 0 saturated carbocycles. The van der Waals surface area contributed by atoms with Crippen molar-refractivity contribution in [3.63, 3.8) is 0 Å². The molecule has 2 aromatic heterocycles. The lowest BCUT2D eigenvalue weighted by atomic mass is 10.0. The normalized spacial score (nSPS) is 14.7. The first-order chi connectivity index (χ1) is 17.1. The summed E-state index contributed by atoms with van der Waals surface area (Å²) in [5, 5.41) is 4.34. The lowest BCUT2D eigenvalue weighted by Gasteiger charge is -2.38. The Balaban J connectivity index is 1.35. The third-order valence-electron chi connectivity index (χ3n) is 7.27. The van der Waals surface area contributed by atoms with Gasteiger partial charge in [-0.15, -0.1) is 0 Å². The Bertz CT molecular complexity index is 1290. The van der Waals surface area contributed by atoms with E-state index in [4.69, 9.17) is 0 Å². The van der Waals surface area contributed by atoms with Gasteiger partial charge in [0.15, 0.2) is 5.65 Å². The number of halogens is 1. The number of aromatic nitrogens is 3. The van der Waals surface area contributed by atoms with Crippen LogP contribution in [0.25, 0.3) is 16.8 Å². The van der Waals surface area contributed by atoms with Crippen molar-refractivity contribution in [1.29, 1.82) is 0 Å². The van der Waals surface area contributed by atoms with Gasteiger partial charge in [-0.25, -0.2) is 9.37 Å². The molecule has 35 heavy (non-hydrogen) atoms. The van der Waals surface area contributed by atoms with E-state index in [0.29, 0.717) is 11.6 Å². The standard InChI is InChI=1S/C28H33FN6/c1-4-33(5-2)22-13-17-34(18-14-22)24-8-6-7-21(19-24)25-10-9-23(20-26(25)29)32(3)28-12-15-30-27-11-16-31-35(27)28/h6-12,15-16,19-20,22H,4-5,13-14,17-18H2,1-3H3. The van der Waals surface area contributed by atoms with Gasteiger partial charge in [-0.05, 0) is 67.9 Å². The van der Waals surface area contributed by atoms with Gasteiger partial charge in [-0.3, -0.25) is 0 Å². The zero-order chi connectivity index (χ0) is 24.4. The highest BCUT2D eigenvalue weighted by Crippen LogP contribution is 2.32. The molecule has 0 bridgehead atoms. The van der Waals surface area contributed by atoms with E-state index in [2.05, 4.69) is 45.9 Å². The number of hydrogen-bond donors (Lipinski definition) is 0. The molecule has 0 aliphatic carbocycles. The zero-order valence-corrected chi connectivity index (χ0v) is 20.7. The lowest BCUT2D eigenvalue weighted by molar-refractivity contribution is 0.186. The fraction of sp³-hybridized carbons (Fsp3) is 0.357. The molecule has 1 aliphatic rings. The van der Waals surface area contributed by atoms with Gasteiger partial charge in [0.1, 0.15) is 11.6 Å². The highest BCUT2D eigenvalue weighted by Gasteiger charge is 2.23. The third kappa shape index (κ3) is 4.60. The first-order valence-electron chi connectivity index (χ1n) is 12.5. The average molecular weight is 473 g/mol. The number of piperidine rings is 1. The molecule has 0 amide bonds. The summed E-state index contributed by atoms with van der Waals surface area (Å²) in [5.41, 5.74) is 4.19. The highest BCUT2D eigenvalue weighted by atomic mass is 19.1. The van der Waals surface area contributed by atoms with Crippen LogP contribution in [0.1, 0.15) is 26.7 Å². The predicted octanol–water partition coefficient (Wildman–Crippen LogP) is 5.61. The first-order valence-corrected chi connectivity index (χ1v) is 12.5. The van der Waals surface area contributed by atoms with Gasteiger partial charge in [-0.1, -0.05) is 26.0 Å². The van der Waals surface area contributed by atoms with Crippen LogP contribution >= 0.6 is 0 Å². The molecule has 6 nitrogen and oxygen atoms in total. The monoisotopic (exact) mass is 472 g/mol. The van der Waals surface area contributed by atoms with E-state index >= 15 is 4.39 Å². The quantitative estimate of drug-likeness (QED) is 0.349. The third-order valence-corrected chi connectivity index (χ3v) is 7.27.